The molecule has 1 N–H and O–H groups in total. The van der Waals surface area contributed by atoms with Crippen LogP contribution in [-0.2, 0) is 0 Å². The highest BCUT2D eigenvalue weighted by Gasteiger charge is 1.94. The highest BCUT2D eigenvalue weighted by molar-refractivity contribution is 14.1. The van der Waals surface area contributed by atoms with Crippen molar-refractivity contribution >= 4 is 50.0 Å². The molecule has 0 amide bonds. The molecule has 0 unspecified atom stereocenters. The number of benzene rings is 1. The molecule has 11 heavy (non-hydrogen) atoms. The largest absolute Gasteiger partial charge is 0.328 e. The van der Waals surface area contributed by atoms with Crippen molar-refractivity contribution in [3.05, 3.63) is 29.6 Å². The van der Waals surface area contributed by atoms with Gasteiger partial charge in [0, 0.05) is 10.4 Å². The Labute approximate surface area is 82.9 Å². The van der Waals surface area contributed by atoms with Gasteiger partial charge in [-0.2, -0.15) is 0 Å². The van der Waals surface area contributed by atoms with Crippen molar-refractivity contribution in [1.82, 2.24) is 0 Å². The summed E-state index contributed by atoms with van der Waals surface area (Å²) in [5.41, 5.74) is 1.16. The Hall–Kier alpha value is -0.290. The van der Waals surface area contributed by atoms with Gasteiger partial charge in [0.05, 0.1) is 22.9 Å². The Morgan fingerprint density at radius 2 is 2.18 bits per heavy atom. The fourth-order valence-electron chi connectivity index (χ4n) is 1.03. The molecule has 1 aromatic heterocycles. The molecule has 0 saturated heterocycles. The number of hydrogen-bond acceptors (Lipinski definition) is 2. The van der Waals surface area contributed by atoms with Gasteiger partial charge < -0.3 is 3.53 Å². The number of thiophene rings is 1. The number of halogens is 1. The quantitative estimate of drug-likeness (QED) is 0.618. The molecule has 0 saturated carbocycles. The second kappa shape index (κ2) is 2.98. The van der Waals surface area contributed by atoms with Crippen LogP contribution >= 0.6 is 34.2 Å². The normalized spacial score (nSPS) is 10.3. The lowest BCUT2D eigenvalue weighted by atomic mass is 10.2. The first-order chi connectivity index (χ1) is 5.40. The van der Waals surface area contributed by atoms with Crippen LogP contribution in [0.2, 0.25) is 0 Å². The van der Waals surface area contributed by atoms with Crippen LogP contribution < -0.4 is 3.53 Å². The summed E-state index contributed by atoms with van der Waals surface area (Å²) < 4.78 is 4.43. The fraction of sp³-hybridized carbons (Fsp3) is 0. The lowest BCUT2D eigenvalue weighted by Crippen LogP contribution is -1.75. The van der Waals surface area contributed by atoms with Gasteiger partial charge in [0.1, 0.15) is 0 Å². The molecule has 1 nitrogen and oxygen atoms in total. The van der Waals surface area contributed by atoms with E-state index in [9.17, 15) is 0 Å². The second-order valence-electron chi connectivity index (χ2n) is 2.27. The summed E-state index contributed by atoms with van der Waals surface area (Å²) in [6.07, 6.45) is 0. The maximum absolute atomic E-state index is 3.08. The molecule has 56 valence electrons. The Morgan fingerprint density at radius 3 is 3.00 bits per heavy atom. The standard InChI is InChI=1S/C8H6INS/c9-10-7-1-2-8-6(5-7)3-4-11-8/h1-5,10H. The van der Waals surface area contributed by atoms with E-state index in [-0.39, 0.29) is 0 Å². The number of hydrogen-bond donors (Lipinski definition) is 1. The maximum Gasteiger partial charge on any atom is 0.0560 e. The Bertz CT molecular complexity index is 369. The summed E-state index contributed by atoms with van der Waals surface area (Å²) in [7, 11) is 0. The van der Waals surface area contributed by atoms with Crippen molar-refractivity contribution in [3.63, 3.8) is 0 Å². The molecule has 0 atom stereocenters. The Kier molecular flexibility index (Phi) is 2.00. The van der Waals surface area contributed by atoms with Gasteiger partial charge in [-0.05, 0) is 35.0 Å². The van der Waals surface area contributed by atoms with Gasteiger partial charge in [0.2, 0.25) is 0 Å². The molecular formula is C8H6INS. The summed E-state index contributed by atoms with van der Waals surface area (Å²) >= 11 is 3.91. The number of rotatable bonds is 1. The third kappa shape index (κ3) is 1.35. The first-order valence-corrected chi connectivity index (χ1v) is 5.20. The molecule has 2 rings (SSSR count). The van der Waals surface area contributed by atoms with Crippen LogP contribution in [0.15, 0.2) is 29.6 Å². The molecular weight excluding hydrogens is 269 g/mol. The van der Waals surface area contributed by atoms with Crippen molar-refractivity contribution in [2.45, 2.75) is 0 Å². The number of nitrogens with one attached hydrogen (secondary N) is 1. The zero-order valence-corrected chi connectivity index (χ0v) is 8.65. The Morgan fingerprint density at radius 1 is 1.27 bits per heavy atom. The van der Waals surface area contributed by atoms with Crippen LogP contribution in [0.1, 0.15) is 0 Å². The monoisotopic (exact) mass is 275 g/mol. The van der Waals surface area contributed by atoms with Crippen LogP contribution in [0.25, 0.3) is 10.1 Å². The highest BCUT2D eigenvalue weighted by atomic mass is 127. The third-order valence-electron chi connectivity index (χ3n) is 1.56. The fourth-order valence-corrected chi connectivity index (χ4v) is 2.13. The van der Waals surface area contributed by atoms with Crippen molar-refractivity contribution in [3.8, 4) is 0 Å². The second-order valence-corrected chi connectivity index (χ2v) is 3.75. The molecule has 0 fully saturated rings. The molecule has 2 aromatic rings. The third-order valence-corrected chi connectivity index (χ3v) is 3.08. The molecule has 0 radical (unpaired) electrons. The highest BCUT2D eigenvalue weighted by Crippen LogP contribution is 2.24. The topological polar surface area (TPSA) is 12.0 Å². The summed E-state index contributed by atoms with van der Waals surface area (Å²) in [6, 6.07) is 8.52. The van der Waals surface area contributed by atoms with E-state index in [1.807, 2.05) is 0 Å². The van der Waals surface area contributed by atoms with Crippen molar-refractivity contribution in [2.75, 3.05) is 3.53 Å². The maximum atomic E-state index is 3.08. The number of fused-ring (bicyclic) bond motifs is 1. The average Bonchev–Trinajstić information content (AvgIpc) is 2.50. The summed E-state index contributed by atoms with van der Waals surface area (Å²) in [4.78, 5) is 0. The lowest BCUT2D eigenvalue weighted by molar-refractivity contribution is 1.81. The van der Waals surface area contributed by atoms with Gasteiger partial charge in [0.15, 0.2) is 0 Å². The van der Waals surface area contributed by atoms with Gasteiger partial charge in [-0.3, -0.25) is 0 Å². The van der Waals surface area contributed by atoms with E-state index in [0.29, 0.717) is 0 Å². The molecule has 0 aliphatic heterocycles. The summed E-state index contributed by atoms with van der Waals surface area (Å²) in [5, 5.41) is 3.43. The SMILES string of the molecule is INc1ccc2sccc2c1. The summed E-state index contributed by atoms with van der Waals surface area (Å²) in [5.74, 6) is 0. The smallest absolute Gasteiger partial charge is 0.0560 e. The van der Waals surface area contributed by atoms with E-state index in [0.717, 1.165) is 5.69 Å². The predicted molar refractivity (Wildman–Crippen MR) is 59.5 cm³/mol. The first kappa shape index (κ1) is 7.36. The minimum Gasteiger partial charge on any atom is -0.328 e. The van der Waals surface area contributed by atoms with Gasteiger partial charge in [-0.25, -0.2) is 0 Å². The van der Waals surface area contributed by atoms with Crippen LogP contribution in [-0.4, -0.2) is 0 Å². The van der Waals surface area contributed by atoms with Gasteiger partial charge in [0.25, 0.3) is 0 Å². The molecule has 1 heterocycles. The molecule has 0 aliphatic carbocycles. The van der Waals surface area contributed by atoms with E-state index in [1.54, 1.807) is 11.3 Å². The van der Waals surface area contributed by atoms with Crippen molar-refractivity contribution < 1.29 is 0 Å². The van der Waals surface area contributed by atoms with Gasteiger partial charge >= 0.3 is 0 Å². The van der Waals surface area contributed by atoms with Crippen molar-refractivity contribution in [2.24, 2.45) is 0 Å². The molecule has 3 heteroatoms. The van der Waals surface area contributed by atoms with Crippen molar-refractivity contribution in [1.29, 1.82) is 0 Å². The Balaban J connectivity index is 2.67. The summed E-state index contributed by atoms with van der Waals surface area (Å²) in [6.45, 7) is 0. The minimum absolute atomic E-state index is 1.16. The molecule has 0 bridgehead atoms. The minimum atomic E-state index is 1.16. The van der Waals surface area contributed by atoms with Crippen LogP contribution in [0.3, 0.4) is 0 Å². The lowest BCUT2D eigenvalue weighted by Gasteiger charge is -1.95. The van der Waals surface area contributed by atoms with E-state index >= 15 is 0 Å². The average molecular weight is 275 g/mol. The van der Waals surface area contributed by atoms with Gasteiger partial charge in [-0.1, -0.05) is 0 Å². The molecule has 0 aliphatic rings. The predicted octanol–water partition coefficient (Wildman–Crippen LogP) is 3.66. The van der Waals surface area contributed by atoms with Gasteiger partial charge in [-0.15, -0.1) is 11.3 Å². The van der Waals surface area contributed by atoms with E-state index in [1.165, 1.54) is 10.1 Å². The van der Waals surface area contributed by atoms with E-state index < -0.39 is 0 Å². The molecule has 1 aromatic carbocycles. The van der Waals surface area contributed by atoms with E-state index in [4.69, 9.17) is 0 Å². The van der Waals surface area contributed by atoms with Crippen LogP contribution in [0.4, 0.5) is 5.69 Å². The number of anilines is 1. The first-order valence-electron chi connectivity index (χ1n) is 3.24. The van der Waals surface area contributed by atoms with Crippen LogP contribution in [0.5, 0.6) is 0 Å². The van der Waals surface area contributed by atoms with E-state index in [2.05, 4.69) is 56.0 Å². The zero-order valence-electron chi connectivity index (χ0n) is 5.67. The molecule has 0 spiro atoms. The van der Waals surface area contributed by atoms with Crippen LogP contribution in [0, 0.1) is 0 Å². The zero-order chi connectivity index (χ0) is 7.68.